The molecule has 0 aliphatic carbocycles. The highest BCUT2D eigenvalue weighted by atomic mass is 32.2. The van der Waals surface area contributed by atoms with Crippen LogP contribution in [0.4, 0.5) is 11.4 Å². The van der Waals surface area contributed by atoms with Gasteiger partial charge in [-0.3, -0.25) is 0 Å². The maximum Gasteiger partial charge on any atom is 0.177 e. The molecule has 0 unspecified atom stereocenters. The quantitative estimate of drug-likeness (QED) is 0.832. The van der Waals surface area contributed by atoms with Crippen molar-refractivity contribution in [1.29, 1.82) is 0 Å². The molecule has 0 aromatic heterocycles. The van der Waals surface area contributed by atoms with E-state index in [0.717, 1.165) is 18.8 Å². The Balaban J connectivity index is 2.29. The molecule has 1 heterocycles. The van der Waals surface area contributed by atoms with Gasteiger partial charge in [0.2, 0.25) is 0 Å². The monoisotopic (exact) mass is 268 g/mol. The Morgan fingerprint density at radius 3 is 2.67 bits per heavy atom. The Kier molecular flexibility index (Phi) is 3.52. The van der Waals surface area contributed by atoms with Gasteiger partial charge in [0.05, 0.1) is 10.6 Å². The lowest BCUT2D eigenvalue weighted by molar-refractivity contribution is 0.447. The van der Waals surface area contributed by atoms with E-state index in [9.17, 15) is 8.42 Å². The molecular formula is C13H20N2O2S. The third-order valence-corrected chi connectivity index (χ3v) is 4.59. The third kappa shape index (κ3) is 2.77. The van der Waals surface area contributed by atoms with Gasteiger partial charge in [-0.25, -0.2) is 8.42 Å². The number of nitrogens with two attached hydrogens (primary N) is 1. The molecule has 1 aliphatic heterocycles. The van der Waals surface area contributed by atoms with Crippen LogP contribution in [0.5, 0.6) is 0 Å². The molecule has 1 aromatic rings. The van der Waals surface area contributed by atoms with Crippen molar-refractivity contribution >= 4 is 21.2 Å². The van der Waals surface area contributed by atoms with Crippen LogP contribution < -0.4 is 10.6 Å². The first-order chi connectivity index (χ1) is 8.38. The number of sulfone groups is 1. The molecule has 0 spiro atoms. The second-order valence-corrected chi connectivity index (χ2v) is 7.17. The Labute approximate surface area is 109 Å². The average molecular weight is 268 g/mol. The molecule has 0 bridgehead atoms. The number of piperidine rings is 1. The molecule has 2 rings (SSSR count). The van der Waals surface area contributed by atoms with Gasteiger partial charge in [0.1, 0.15) is 0 Å². The predicted molar refractivity (Wildman–Crippen MR) is 74.6 cm³/mol. The standard InChI is InChI=1S/C13H20N2O2S/c1-10-4-3-7-15(9-10)11-5-6-13(12(14)8-11)18(2,16)17/h5-6,8,10H,3-4,7,9,14H2,1-2H3/t10-/m0/s1. The van der Waals surface area contributed by atoms with E-state index in [1.807, 2.05) is 6.07 Å². The lowest BCUT2D eigenvalue weighted by Gasteiger charge is -2.33. The maximum absolute atomic E-state index is 11.5. The number of anilines is 2. The number of rotatable bonds is 2. The molecule has 0 saturated carbocycles. The van der Waals surface area contributed by atoms with E-state index in [2.05, 4.69) is 11.8 Å². The molecule has 4 nitrogen and oxygen atoms in total. The first kappa shape index (κ1) is 13.2. The minimum atomic E-state index is -3.24. The van der Waals surface area contributed by atoms with E-state index in [0.29, 0.717) is 11.6 Å². The summed E-state index contributed by atoms with van der Waals surface area (Å²) in [5, 5.41) is 0. The van der Waals surface area contributed by atoms with Crippen molar-refractivity contribution in [1.82, 2.24) is 0 Å². The van der Waals surface area contributed by atoms with Gasteiger partial charge in [0.25, 0.3) is 0 Å². The van der Waals surface area contributed by atoms with Crippen LogP contribution in [0.3, 0.4) is 0 Å². The van der Waals surface area contributed by atoms with Gasteiger partial charge in [-0.05, 0) is 37.0 Å². The lowest BCUT2D eigenvalue weighted by Crippen LogP contribution is -2.34. The van der Waals surface area contributed by atoms with Crippen LogP contribution in [0, 0.1) is 5.92 Å². The van der Waals surface area contributed by atoms with Gasteiger partial charge in [-0.15, -0.1) is 0 Å². The van der Waals surface area contributed by atoms with Gasteiger partial charge < -0.3 is 10.6 Å². The fraction of sp³-hybridized carbons (Fsp3) is 0.538. The molecule has 2 N–H and O–H groups in total. The van der Waals surface area contributed by atoms with Gasteiger partial charge in [0, 0.05) is 25.0 Å². The van der Waals surface area contributed by atoms with Crippen LogP contribution in [-0.2, 0) is 9.84 Å². The van der Waals surface area contributed by atoms with Crippen LogP contribution in [0.15, 0.2) is 23.1 Å². The van der Waals surface area contributed by atoms with Crippen molar-refractivity contribution in [3.63, 3.8) is 0 Å². The summed E-state index contributed by atoms with van der Waals surface area (Å²) in [5.41, 5.74) is 7.20. The first-order valence-corrected chi connectivity index (χ1v) is 8.11. The number of hydrogen-bond acceptors (Lipinski definition) is 4. The summed E-state index contributed by atoms with van der Waals surface area (Å²) < 4.78 is 23.0. The van der Waals surface area contributed by atoms with E-state index in [1.54, 1.807) is 12.1 Å². The van der Waals surface area contributed by atoms with Gasteiger partial charge >= 0.3 is 0 Å². The fourth-order valence-corrected chi connectivity index (χ4v) is 3.30. The van der Waals surface area contributed by atoms with Crippen LogP contribution >= 0.6 is 0 Å². The molecule has 18 heavy (non-hydrogen) atoms. The third-order valence-electron chi connectivity index (χ3n) is 3.42. The number of nitrogens with zero attached hydrogens (tertiary/aromatic N) is 1. The fourth-order valence-electron chi connectivity index (χ4n) is 2.49. The zero-order valence-electron chi connectivity index (χ0n) is 10.9. The SMILES string of the molecule is C[C@H]1CCCN(c2ccc(S(C)(=O)=O)c(N)c2)C1. The van der Waals surface area contributed by atoms with Crippen LogP contribution in [0.1, 0.15) is 19.8 Å². The minimum absolute atomic E-state index is 0.219. The average Bonchev–Trinajstić information content (AvgIpc) is 2.27. The molecule has 0 amide bonds. The van der Waals surface area contributed by atoms with Crippen molar-refractivity contribution in [3.05, 3.63) is 18.2 Å². The van der Waals surface area contributed by atoms with Crippen LogP contribution in [-0.4, -0.2) is 27.8 Å². The van der Waals surface area contributed by atoms with E-state index in [1.165, 1.54) is 19.1 Å². The van der Waals surface area contributed by atoms with Crippen LogP contribution in [0.25, 0.3) is 0 Å². The van der Waals surface area contributed by atoms with Gasteiger partial charge in [-0.2, -0.15) is 0 Å². The van der Waals surface area contributed by atoms with E-state index in [4.69, 9.17) is 5.73 Å². The summed E-state index contributed by atoms with van der Waals surface area (Å²) in [6.45, 7) is 4.26. The molecule has 1 atom stereocenters. The van der Waals surface area contributed by atoms with Crippen molar-refractivity contribution in [2.75, 3.05) is 30.0 Å². The Morgan fingerprint density at radius 1 is 1.39 bits per heavy atom. The van der Waals surface area contributed by atoms with E-state index in [-0.39, 0.29) is 4.90 Å². The molecule has 100 valence electrons. The van der Waals surface area contributed by atoms with Crippen LogP contribution in [0.2, 0.25) is 0 Å². The topological polar surface area (TPSA) is 63.4 Å². The maximum atomic E-state index is 11.5. The Morgan fingerprint density at radius 2 is 2.11 bits per heavy atom. The van der Waals surface area contributed by atoms with Gasteiger partial charge in [-0.1, -0.05) is 6.92 Å². The largest absolute Gasteiger partial charge is 0.398 e. The van der Waals surface area contributed by atoms with E-state index >= 15 is 0 Å². The van der Waals surface area contributed by atoms with Crippen molar-refractivity contribution in [3.8, 4) is 0 Å². The summed E-state index contributed by atoms with van der Waals surface area (Å²) in [7, 11) is -3.24. The molecular weight excluding hydrogens is 248 g/mol. The molecule has 1 aromatic carbocycles. The summed E-state index contributed by atoms with van der Waals surface area (Å²) in [6, 6.07) is 5.23. The normalized spacial score (nSPS) is 21.0. The summed E-state index contributed by atoms with van der Waals surface area (Å²) in [4.78, 5) is 2.49. The summed E-state index contributed by atoms with van der Waals surface area (Å²) in [5.74, 6) is 0.676. The summed E-state index contributed by atoms with van der Waals surface area (Å²) in [6.07, 6.45) is 3.61. The van der Waals surface area contributed by atoms with Crippen molar-refractivity contribution in [2.45, 2.75) is 24.7 Å². The highest BCUT2D eigenvalue weighted by molar-refractivity contribution is 7.90. The second-order valence-electron chi connectivity index (χ2n) is 5.19. The smallest absolute Gasteiger partial charge is 0.177 e. The first-order valence-electron chi connectivity index (χ1n) is 6.22. The molecule has 1 aliphatic rings. The zero-order valence-corrected chi connectivity index (χ0v) is 11.7. The molecule has 1 fully saturated rings. The zero-order chi connectivity index (χ0) is 13.3. The highest BCUT2D eigenvalue weighted by Gasteiger charge is 2.18. The minimum Gasteiger partial charge on any atom is -0.398 e. The summed E-state index contributed by atoms with van der Waals surface area (Å²) >= 11 is 0. The van der Waals surface area contributed by atoms with Crippen molar-refractivity contribution < 1.29 is 8.42 Å². The van der Waals surface area contributed by atoms with E-state index < -0.39 is 9.84 Å². The second kappa shape index (κ2) is 4.80. The highest BCUT2D eigenvalue weighted by Crippen LogP contribution is 2.28. The Hall–Kier alpha value is -1.23. The molecule has 1 saturated heterocycles. The molecule has 0 radical (unpaired) electrons. The predicted octanol–water partition coefficient (Wildman–Crippen LogP) is 1.91. The van der Waals surface area contributed by atoms with Gasteiger partial charge in [0.15, 0.2) is 9.84 Å². The molecule has 5 heteroatoms. The Bertz CT molecular complexity index is 540. The lowest BCUT2D eigenvalue weighted by atomic mass is 10.00. The number of hydrogen-bond donors (Lipinski definition) is 1. The number of benzene rings is 1. The van der Waals surface area contributed by atoms with Crippen molar-refractivity contribution in [2.24, 2.45) is 5.92 Å². The number of nitrogen functional groups attached to an aromatic ring is 1.